The van der Waals surface area contributed by atoms with Crippen molar-refractivity contribution in [2.24, 2.45) is 11.8 Å². The molecule has 0 spiro atoms. The second-order valence-corrected chi connectivity index (χ2v) is 8.71. The topological polar surface area (TPSA) is 29.5 Å². The molecule has 21 heavy (non-hydrogen) atoms. The van der Waals surface area contributed by atoms with Gasteiger partial charge < -0.3 is 4.74 Å². The summed E-state index contributed by atoms with van der Waals surface area (Å²) in [5.41, 5.74) is -0.842. The van der Waals surface area contributed by atoms with Crippen molar-refractivity contribution in [3.8, 4) is 0 Å². The largest absolute Gasteiger partial charge is 0.369 e. The summed E-state index contributed by atoms with van der Waals surface area (Å²) in [7, 11) is 4.15. The normalized spacial score (nSPS) is 38.7. The molecule has 122 valence electrons. The molecule has 2 rings (SSSR count). The van der Waals surface area contributed by atoms with Gasteiger partial charge in [-0.25, -0.2) is 0 Å². The van der Waals surface area contributed by atoms with Crippen molar-refractivity contribution < 1.29 is 9.53 Å². The van der Waals surface area contributed by atoms with Gasteiger partial charge in [0.25, 0.3) is 0 Å². The SMILES string of the molecule is CC1CCCC(C(=O)C2CC(C)(C)OC2(C)C)(N(C)C)C1. The van der Waals surface area contributed by atoms with E-state index < -0.39 is 0 Å². The van der Waals surface area contributed by atoms with E-state index in [1.54, 1.807) is 0 Å². The maximum Gasteiger partial charge on any atom is 0.159 e. The van der Waals surface area contributed by atoms with Crippen LogP contribution in [-0.4, -0.2) is 41.5 Å². The summed E-state index contributed by atoms with van der Waals surface area (Å²) in [6, 6.07) is 0. The minimum absolute atomic E-state index is 0.000185. The standard InChI is InChI=1S/C18H33NO2/c1-13-9-8-10-18(11-13,19(6)7)15(20)14-12-16(2,3)21-17(14,4)5/h13-14H,8-12H2,1-7H3. The number of nitrogens with zero attached hydrogens (tertiary/aromatic N) is 1. The Kier molecular flexibility index (Phi) is 4.31. The second-order valence-electron chi connectivity index (χ2n) is 8.71. The van der Waals surface area contributed by atoms with E-state index in [1.165, 1.54) is 6.42 Å². The summed E-state index contributed by atoms with van der Waals surface area (Å²) >= 11 is 0. The van der Waals surface area contributed by atoms with Gasteiger partial charge in [-0.05, 0) is 67.0 Å². The predicted octanol–water partition coefficient (Wildman–Crippen LogP) is 3.66. The lowest BCUT2D eigenvalue weighted by Crippen LogP contribution is -2.58. The summed E-state index contributed by atoms with van der Waals surface area (Å²) in [6.45, 7) is 10.7. The van der Waals surface area contributed by atoms with E-state index in [4.69, 9.17) is 4.74 Å². The van der Waals surface area contributed by atoms with Crippen molar-refractivity contribution in [2.75, 3.05) is 14.1 Å². The Hall–Kier alpha value is -0.410. The second kappa shape index (κ2) is 5.34. The van der Waals surface area contributed by atoms with Crippen molar-refractivity contribution in [3.63, 3.8) is 0 Å². The third kappa shape index (κ3) is 3.05. The van der Waals surface area contributed by atoms with Gasteiger partial charge in [0.2, 0.25) is 0 Å². The van der Waals surface area contributed by atoms with Crippen molar-refractivity contribution in [3.05, 3.63) is 0 Å². The summed E-state index contributed by atoms with van der Waals surface area (Å²) < 4.78 is 6.17. The van der Waals surface area contributed by atoms with Crippen LogP contribution in [-0.2, 0) is 9.53 Å². The number of hydrogen-bond acceptors (Lipinski definition) is 3. The summed E-state index contributed by atoms with van der Waals surface area (Å²) in [5.74, 6) is 1.04. The smallest absolute Gasteiger partial charge is 0.159 e. The van der Waals surface area contributed by atoms with E-state index in [0.717, 1.165) is 25.7 Å². The van der Waals surface area contributed by atoms with Crippen LogP contribution in [0.15, 0.2) is 0 Å². The minimum Gasteiger partial charge on any atom is -0.369 e. The first kappa shape index (κ1) is 17.0. The number of hydrogen-bond donors (Lipinski definition) is 0. The molecule has 1 saturated carbocycles. The first-order chi connectivity index (χ1) is 9.50. The number of ketones is 1. The molecule has 2 fully saturated rings. The van der Waals surface area contributed by atoms with E-state index >= 15 is 0 Å². The number of carbonyl (C=O) groups is 1. The Labute approximate surface area is 130 Å². The van der Waals surface area contributed by atoms with Gasteiger partial charge >= 0.3 is 0 Å². The average molecular weight is 295 g/mol. The molecule has 0 aromatic carbocycles. The highest BCUT2D eigenvalue weighted by Gasteiger charge is 2.55. The fourth-order valence-corrected chi connectivity index (χ4v) is 4.67. The van der Waals surface area contributed by atoms with E-state index in [1.807, 2.05) is 0 Å². The van der Waals surface area contributed by atoms with Gasteiger partial charge in [-0.15, -0.1) is 0 Å². The molecule has 3 atom stereocenters. The zero-order valence-corrected chi connectivity index (χ0v) is 15.0. The molecule has 3 nitrogen and oxygen atoms in total. The predicted molar refractivity (Wildman–Crippen MR) is 86.4 cm³/mol. The fraction of sp³-hybridized carbons (Fsp3) is 0.944. The van der Waals surface area contributed by atoms with Gasteiger partial charge in [0.1, 0.15) is 0 Å². The number of rotatable bonds is 3. The molecule has 1 saturated heterocycles. The highest BCUT2D eigenvalue weighted by Crippen LogP contribution is 2.47. The van der Waals surface area contributed by atoms with E-state index in [2.05, 4.69) is 53.6 Å². The van der Waals surface area contributed by atoms with Gasteiger partial charge in [0, 0.05) is 0 Å². The third-order valence-electron chi connectivity index (χ3n) is 5.68. The fourth-order valence-electron chi connectivity index (χ4n) is 4.67. The van der Waals surface area contributed by atoms with Crippen LogP contribution in [0.3, 0.4) is 0 Å². The monoisotopic (exact) mass is 295 g/mol. The number of Topliss-reactive ketones (excluding diaryl/α,β-unsaturated/α-hetero) is 1. The molecule has 0 aromatic heterocycles. The van der Waals surface area contributed by atoms with E-state index in [0.29, 0.717) is 11.7 Å². The maximum absolute atomic E-state index is 13.5. The zero-order chi connectivity index (χ0) is 16.1. The minimum atomic E-state index is -0.357. The molecule has 0 aromatic rings. The molecule has 0 bridgehead atoms. The first-order valence-corrected chi connectivity index (χ1v) is 8.42. The molecular weight excluding hydrogens is 262 g/mol. The van der Waals surface area contributed by atoms with Crippen LogP contribution in [0.4, 0.5) is 0 Å². The van der Waals surface area contributed by atoms with E-state index in [-0.39, 0.29) is 22.7 Å². The third-order valence-corrected chi connectivity index (χ3v) is 5.68. The van der Waals surface area contributed by atoms with Gasteiger partial charge in [-0.1, -0.05) is 19.8 Å². The molecular formula is C18H33NO2. The highest BCUT2D eigenvalue weighted by atomic mass is 16.5. The molecule has 3 heteroatoms. The molecule has 1 heterocycles. The van der Waals surface area contributed by atoms with Crippen molar-refractivity contribution >= 4 is 5.78 Å². The summed E-state index contributed by atoms with van der Waals surface area (Å²) in [4.78, 5) is 15.7. The summed E-state index contributed by atoms with van der Waals surface area (Å²) in [6.07, 6.45) is 5.23. The van der Waals surface area contributed by atoms with Crippen LogP contribution >= 0.6 is 0 Å². The lowest BCUT2D eigenvalue weighted by molar-refractivity contribution is -0.143. The van der Waals surface area contributed by atoms with E-state index in [9.17, 15) is 4.79 Å². The number of likely N-dealkylation sites (N-methyl/N-ethyl adjacent to an activating group) is 1. The Bertz CT molecular complexity index is 413. The molecule has 3 unspecified atom stereocenters. The van der Waals surface area contributed by atoms with Crippen LogP contribution < -0.4 is 0 Å². The zero-order valence-electron chi connectivity index (χ0n) is 15.0. The molecule has 1 aliphatic heterocycles. The van der Waals surface area contributed by atoms with Crippen LogP contribution in [0.25, 0.3) is 0 Å². The van der Waals surface area contributed by atoms with Crippen molar-refractivity contribution in [1.29, 1.82) is 0 Å². The lowest BCUT2D eigenvalue weighted by Gasteiger charge is -2.46. The van der Waals surface area contributed by atoms with Crippen molar-refractivity contribution in [1.82, 2.24) is 4.90 Å². The van der Waals surface area contributed by atoms with Crippen LogP contribution in [0.1, 0.15) is 66.7 Å². The average Bonchev–Trinajstić information content (AvgIpc) is 2.55. The number of carbonyl (C=O) groups excluding carboxylic acids is 1. The Morgan fingerprint density at radius 1 is 1.14 bits per heavy atom. The van der Waals surface area contributed by atoms with Crippen LogP contribution in [0.2, 0.25) is 0 Å². The van der Waals surface area contributed by atoms with Gasteiger partial charge in [0.15, 0.2) is 5.78 Å². The Balaban J connectivity index is 2.31. The quantitative estimate of drug-likeness (QED) is 0.796. The lowest BCUT2D eigenvalue weighted by atomic mass is 9.67. The molecule has 0 amide bonds. The van der Waals surface area contributed by atoms with Crippen LogP contribution in [0, 0.1) is 11.8 Å². The van der Waals surface area contributed by atoms with Crippen molar-refractivity contribution in [2.45, 2.75) is 83.5 Å². The maximum atomic E-state index is 13.5. The van der Waals surface area contributed by atoms with Crippen LogP contribution in [0.5, 0.6) is 0 Å². The number of ether oxygens (including phenoxy) is 1. The Morgan fingerprint density at radius 2 is 1.76 bits per heavy atom. The highest BCUT2D eigenvalue weighted by molar-refractivity contribution is 5.91. The first-order valence-electron chi connectivity index (χ1n) is 8.42. The molecule has 0 N–H and O–H groups in total. The molecule has 0 radical (unpaired) electrons. The Morgan fingerprint density at radius 3 is 2.19 bits per heavy atom. The van der Waals surface area contributed by atoms with Gasteiger partial charge in [-0.3, -0.25) is 9.69 Å². The van der Waals surface area contributed by atoms with Gasteiger partial charge in [0.05, 0.1) is 22.7 Å². The van der Waals surface area contributed by atoms with Gasteiger partial charge in [-0.2, -0.15) is 0 Å². The molecule has 1 aliphatic carbocycles. The summed E-state index contributed by atoms with van der Waals surface area (Å²) in [5, 5.41) is 0. The molecule has 2 aliphatic rings.